The highest BCUT2D eigenvalue weighted by Crippen LogP contribution is 2.11. The third kappa shape index (κ3) is 12.0. The van der Waals surface area contributed by atoms with Crippen molar-refractivity contribution in [1.29, 1.82) is 0 Å². The highest BCUT2D eigenvalue weighted by atomic mass is 16.4. The average Bonchev–Trinajstić information content (AvgIpc) is 2.32. The molecule has 18 heavy (non-hydrogen) atoms. The molecule has 0 bridgehead atoms. The molecule has 1 aromatic rings. The number of amides is 3. The SMILES string of the molecule is CC(C)c1ccccc1.CN.NC(=O)NC(=O)O. The van der Waals surface area contributed by atoms with Crippen LogP contribution in [0, 0.1) is 0 Å². The molecule has 6 N–H and O–H groups in total. The molecular formula is C12H21N3O3. The maximum absolute atomic E-state index is 9.54. The molecule has 3 amide bonds. The number of carboxylic acid groups (broad SMARTS) is 1. The fourth-order valence-electron chi connectivity index (χ4n) is 0.943. The first kappa shape index (κ1) is 18.3. The van der Waals surface area contributed by atoms with Gasteiger partial charge in [0.2, 0.25) is 0 Å². The summed E-state index contributed by atoms with van der Waals surface area (Å²) in [5.41, 5.74) is 10.3. The normalized spacial score (nSPS) is 8.28. The van der Waals surface area contributed by atoms with Gasteiger partial charge < -0.3 is 16.6 Å². The van der Waals surface area contributed by atoms with Crippen LogP contribution in [0.2, 0.25) is 0 Å². The Morgan fingerprint density at radius 1 is 1.17 bits per heavy atom. The van der Waals surface area contributed by atoms with Gasteiger partial charge in [0.15, 0.2) is 0 Å². The number of imide groups is 1. The molecule has 0 aromatic heterocycles. The second kappa shape index (κ2) is 11.4. The van der Waals surface area contributed by atoms with E-state index in [0.29, 0.717) is 5.92 Å². The lowest BCUT2D eigenvalue weighted by Crippen LogP contribution is -2.33. The molecule has 6 nitrogen and oxygen atoms in total. The number of primary amides is 1. The van der Waals surface area contributed by atoms with E-state index < -0.39 is 12.1 Å². The number of hydrogen-bond donors (Lipinski definition) is 4. The molecule has 0 unspecified atom stereocenters. The number of carbonyl (C=O) groups excluding carboxylic acids is 1. The molecule has 0 saturated heterocycles. The Morgan fingerprint density at radius 2 is 1.61 bits per heavy atom. The highest BCUT2D eigenvalue weighted by molar-refractivity contribution is 5.88. The zero-order chi connectivity index (χ0) is 14.6. The van der Waals surface area contributed by atoms with Crippen LogP contribution in [0.3, 0.4) is 0 Å². The van der Waals surface area contributed by atoms with Crippen molar-refractivity contribution >= 4 is 12.1 Å². The largest absolute Gasteiger partial charge is 0.465 e. The average molecular weight is 255 g/mol. The lowest BCUT2D eigenvalue weighted by atomic mass is 10.0. The number of urea groups is 1. The molecule has 0 saturated carbocycles. The van der Waals surface area contributed by atoms with Crippen LogP contribution in [0.15, 0.2) is 30.3 Å². The van der Waals surface area contributed by atoms with Crippen molar-refractivity contribution in [3.05, 3.63) is 35.9 Å². The minimum absolute atomic E-state index is 0.659. The second-order valence-electron chi connectivity index (χ2n) is 3.36. The van der Waals surface area contributed by atoms with E-state index in [2.05, 4.69) is 49.6 Å². The molecule has 0 radical (unpaired) electrons. The Bertz CT molecular complexity index is 328. The van der Waals surface area contributed by atoms with E-state index in [9.17, 15) is 9.59 Å². The first-order valence-electron chi connectivity index (χ1n) is 5.35. The number of rotatable bonds is 1. The molecule has 0 aliphatic heterocycles. The van der Waals surface area contributed by atoms with E-state index >= 15 is 0 Å². The van der Waals surface area contributed by atoms with Crippen LogP contribution in [-0.4, -0.2) is 24.3 Å². The first-order chi connectivity index (χ1) is 8.43. The van der Waals surface area contributed by atoms with Gasteiger partial charge in [-0.1, -0.05) is 44.2 Å². The number of nitrogens with two attached hydrogens (primary N) is 2. The zero-order valence-corrected chi connectivity index (χ0v) is 10.9. The van der Waals surface area contributed by atoms with Gasteiger partial charge in [-0.15, -0.1) is 0 Å². The number of hydrogen-bond acceptors (Lipinski definition) is 3. The van der Waals surface area contributed by atoms with E-state index in [1.54, 1.807) is 0 Å². The quantitative estimate of drug-likeness (QED) is 0.610. The van der Waals surface area contributed by atoms with Gasteiger partial charge in [-0.3, -0.25) is 0 Å². The van der Waals surface area contributed by atoms with Crippen LogP contribution in [0.1, 0.15) is 25.3 Å². The van der Waals surface area contributed by atoms with Gasteiger partial charge in [0.25, 0.3) is 0 Å². The van der Waals surface area contributed by atoms with Crippen LogP contribution in [0.4, 0.5) is 9.59 Å². The summed E-state index contributed by atoms with van der Waals surface area (Å²) in [6.07, 6.45) is -1.44. The van der Waals surface area contributed by atoms with E-state index in [1.807, 2.05) is 6.07 Å². The van der Waals surface area contributed by atoms with Gasteiger partial charge in [-0.05, 0) is 18.5 Å². The number of benzene rings is 1. The maximum atomic E-state index is 9.54. The minimum atomic E-state index is -1.44. The summed E-state index contributed by atoms with van der Waals surface area (Å²) in [7, 11) is 1.50. The number of nitrogens with one attached hydrogen (secondary N) is 1. The summed E-state index contributed by atoms with van der Waals surface area (Å²) < 4.78 is 0. The van der Waals surface area contributed by atoms with Crippen molar-refractivity contribution in [3.63, 3.8) is 0 Å². The highest BCUT2D eigenvalue weighted by Gasteiger charge is 1.95. The summed E-state index contributed by atoms with van der Waals surface area (Å²) in [6, 6.07) is 9.46. The topological polar surface area (TPSA) is 118 Å². The molecule has 0 spiro atoms. The van der Waals surface area contributed by atoms with E-state index in [1.165, 1.54) is 17.9 Å². The second-order valence-corrected chi connectivity index (χ2v) is 3.36. The van der Waals surface area contributed by atoms with E-state index in [4.69, 9.17) is 5.11 Å². The molecule has 6 heteroatoms. The van der Waals surface area contributed by atoms with Gasteiger partial charge in [-0.25, -0.2) is 14.9 Å². The zero-order valence-electron chi connectivity index (χ0n) is 10.9. The van der Waals surface area contributed by atoms with Crippen molar-refractivity contribution in [3.8, 4) is 0 Å². The predicted octanol–water partition coefficient (Wildman–Crippen LogP) is 1.72. The third-order valence-electron chi connectivity index (χ3n) is 1.70. The summed E-state index contributed by atoms with van der Waals surface area (Å²) in [5.74, 6) is 0.659. The first-order valence-corrected chi connectivity index (χ1v) is 5.35. The minimum Gasteiger partial charge on any atom is -0.465 e. The molecular weight excluding hydrogens is 234 g/mol. The van der Waals surface area contributed by atoms with Crippen LogP contribution in [0.5, 0.6) is 0 Å². The van der Waals surface area contributed by atoms with Crippen molar-refractivity contribution in [2.75, 3.05) is 7.05 Å². The maximum Gasteiger partial charge on any atom is 0.412 e. The van der Waals surface area contributed by atoms with E-state index in [-0.39, 0.29) is 0 Å². The van der Waals surface area contributed by atoms with Gasteiger partial charge in [0.1, 0.15) is 0 Å². The Balaban J connectivity index is 0. The molecule has 1 aromatic carbocycles. The van der Waals surface area contributed by atoms with Gasteiger partial charge in [0.05, 0.1) is 0 Å². The monoisotopic (exact) mass is 255 g/mol. The lowest BCUT2D eigenvalue weighted by Gasteiger charge is -2.01. The van der Waals surface area contributed by atoms with Crippen molar-refractivity contribution in [2.24, 2.45) is 11.5 Å². The Morgan fingerprint density at radius 3 is 1.78 bits per heavy atom. The van der Waals surface area contributed by atoms with Gasteiger partial charge in [0, 0.05) is 0 Å². The fraction of sp³-hybridized carbons (Fsp3) is 0.333. The van der Waals surface area contributed by atoms with Crippen LogP contribution in [0.25, 0.3) is 0 Å². The third-order valence-corrected chi connectivity index (χ3v) is 1.70. The molecule has 0 heterocycles. The summed E-state index contributed by atoms with van der Waals surface area (Å²) in [6.45, 7) is 4.41. The molecule has 1 rings (SSSR count). The summed E-state index contributed by atoms with van der Waals surface area (Å²) >= 11 is 0. The molecule has 102 valence electrons. The summed E-state index contributed by atoms with van der Waals surface area (Å²) in [5, 5.41) is 9.03. The van der Waals surface area contributed by atoms with Crippen molar-refractivity contribution < 1.29 is 14.7 Å². The van der Waals surface area contributed by atoms with Crippen molar-refractivity contribution in [2.45, 2.75) is 19.8 Å². The smallest absolute Gasteiger partial charge is 0.412 e. The predicted molar refractivity (Wildman–Crippen MR) is 71.4 cm³/mol. The van der Waals surface area contributed by atoms with Gasteiger partial charge >= 0.3 is 12.1 Å². The molecule has 0 fully saturated rings. The standard InChI is InChI=1S/C9H12.C2H4N2O3.CH5N/c1-8(2)9-6-4-3-5-7-9;3-1(5)4-2(6)7;1-2/h3-8H,1-2H3;(H,6,7)(H3,3,4,5);2H2,1H3. The van der Waals surface area contributed by atoms with Gasteiger partial charge in [-0.2, -0.15) is 0 Å². The fourth-order valence-corrected chi connectivity index (χ4v) is 0.943. The molecule has 0 atom stereocenters. The van der Waals surface area contributed by atoms with Crippen LogP contribution in [-0.2, 0) is 0 Å². The van der Waals surface area contributed by atoms with E-state index in [0.717, 1.165) is 0 Å². The van der Waals surface area contributed by atoms with Crippen LogP contribution < -0.4 is 16.8 Å². The van der Waals surface area contributed by atoms with Crippen molar-refractivity contribution in [1.82, 2.24) is 5.32 Å². The Kier molecular flexibility index (Phi) is 11.6. The van der Waals surface area contributed by atoms with Crippen LogP contribution >= 0.6 is 0 Å². The lowest BCUT2D eigenvalue weighted by molar-refractivity contribution is 0.193. The molecule has 0 aliphatic rings. The number of carbonyl (C=O) groups is 2. The Labute approximate surface area is 107 Å². The summed E-state index contributed by atoms with van der Waals surface area (Å²) in [4.78, 5) is 18.9. The molecule has 0 aliphatic carbocycles. The Hall–Kier alpha value is -2.08.